The number of hydrogen-bond acceptors (Lipinski definition) is 4. The van der Waals surface area contributed by atoms with Crippen LogP contribution in [0.1, 0.15) is 34.8 Å². The second-order valence-corrected chi connectivity index (χ2v) is 7.68. The summed E-state index contributed by atoms with van der Waals surface area (Å²) in [4.78, 5) is 16.4. The van der Waals surface area contributed by atoms with Gasteiger partial charge in [0.05, 0.1) is 33.9 Å². The number of quaternary nitrogens is 1. The SMILES string of the molecule is COc1ccc(C(=O)NC[C@@H](c2ccc(N(C)C)cc2)[NH+]2CCCC2)cc1OC. The Hall–Kier alpha value is -2.73. The lowest BCUT2D eigenvalue weighted by Crippen LogP contribution is -3.11. The average Bonchev–Trinajstić information content (AvgIpc) is 3.28. The Bertz CT molecular complexity index is 815. The third-order valence-electron chi connectivity index (χ3n) is 5.66. The van der Waals surface area contributed by atoms with Crippen molar-refractivity contribution in [2.24, 2.45) is 0 Å². The van der Waals surface area contributed by atoms with Crippen LogP contribution in [-0.4, -0.2) is 53.9 Å². The highest BCUT2D eigenvalue weighted by Gasteiger charge is 2.28. The highest BCUT2D eigenvalue weighted by atomic mass is 16.5. The number of ether oxygens (including phenoxy) is 2. The zero-order valence-electron chi connectivity index (χ0n) is 17.8. The van der Waals surface area contributed by atoms with Gasteiger partial charge in [0.1, 0.15) is 6.04 Å². The second kappa shape index (κ2) is 9.65. The van der Waals surface area contributed by atoms with Gasteiger partial charge in [0.2, 0.25) is 0 Å². The number of rotatable bonds is 8. The number of carbonyl (C=O) groups excluding carboxylic acids is 1. The van der Waals surface area contributed by atoms with Crippen LogP contribution in [0.5, 0.6) is 11.5 Å². The molecule has 0 bridgehead atoms. The van der Waals surface area contributed by atoms with Gasteiger partial charge in [-0.2, -0.15) is 0 Å². The van der Waals surface area contributed by atoms with Crippen LogP contribution in [0.25, 0.3) is 0 Å². The van der Waals surface area contributed by atoms with Crippen molar-refractivity contribution < 1.29 is 19.2 Å². The summed E-state index contributed by atoms with van der Waals surface area (Å²) in [5, 5.41) is 3.13. The first-order chi connectivity index (χ1) is 14.0. The quantitative estimate of drug-likeness (QED) is 0.713. The van der Waals surface area contributed by atoms with Crippen molar-refractivity contribution in [1.29, 1.82) is 0 Å². The van der Waals surface area contributed by atoms with E-state index in [1.54, 1.807) is 32.4 Å². The molecule has 156 valence electrons. The molecule has 2 aromatic carbocycles. The molecule has 1 amide bonds. The summed E-state index contributed by atoms with van der Waals surface area (Å²) < 4.78 is 10.6. The fraction of sp³-hybridized carbons (Fsp3) is 0.435. The summed E-state index contributed by atoms with van der Waals surface area (Å²) in [5.41, 5.74) is 3.01. The molecule has 1 aliphatic rings. The van der Waals surface area contributed by atoms with E-state index in [-0.39, 0.29) is 11.9 Å². The fourth-order valence-corrected chi connectivity index (χ4v) is 3.95. The van der Waals surface area contributed by atoms with Crippen LogP contribution in [-0.2, 0) is 0 Å². The largest absolute Gasteiger partial charge is 0.493 e. The zero-order valence-corrected chi connectivity index (χ0v) is 17.8. The molecule has 0 aliphatic carbocycles. The van der Waals surface area contributed by atoms with Crippen molar-refractivity contribution in [2.75, 3.05) is 52.8 Å². The molecule has 1 aliphatic heterocycles. The van der Waals surface area contributed by atoms with Gasteiger partial charge in [-0.15, -0.1) is 0 Å². The Morgan fingerprint density at radius 2 is 1.69 bits per heavy atom. The molecule has 29 heavy (non-hydrogen) atoms. The Morgan fingerprint density at radius 3 is 2.28 bits per heavy atom. The van der Waals surface area contributed by atoms with Crippen LogP contribution in [0.4, 0.5) is 5.69 Å². The van der Waals surface area contributed by atoms with Crippen LogP contribution in [0.15, 0.2) is 42.5 Å². The fourth-order valence-electron chi connectivity index (χ4n) is 3.95. The van der Waals surface area contributed by atoms with Gasteiger partial charge in [0, 0.05) is 43.8 Å². The van der Waals surface area contributed by atoms with Crippen LogP contribution in [0.3, 0.4) is 0 Å². The Kier molecular flexibility index (Phi) is 6.99. The van der Waals surface area contributed by atoms with E-state index >= 15 is 0 Å². The lowest BCUT2D eigenvalue weighted by Gasteiger charge is -2.26. The molecule has 1 heterocycles. The maximum atomic E-state index is 12.8. The van der Waals surface area contributed by atoms with Crippen LogP contribution in [0.2, 0.25) is 0 Å². The molecule has 2 aromatic rings. The van der Waals surface area contributed by atoms with Crippen molar-refractivity contribution >= 4 is 11.6 Å². The summed E-state index contributed by atoms with van der Waals surface area (Å²) in [6.07, 6.45) is 2.48. The maximum Gasteiger partial charge on any atom is 0.251 e. The van der Waals surface area contributed by atoms with Crippen LogP contribution >= 0.6 is 0 Å². The van der Waals surface area contributed by atoms with E-state index < -0.39 is 0 Å². The van der Waals surface area contributed by atoms with Crippen molar-refractivity contribution in [3.8, 4) is 11.5 Å². The van der Waals surface area contributed by atoms with Gasteiger partial charge in [-0.05, 0) is 30.3 Å². The van der Waals surface area contributed by atoms with Crippen LogP contribution in [0, 0.1) is 0 Å². The van der Waals surface area contributed by atoms with Gasteiger partial charge >= 0.3 is 0 Å². The second-order valence-electron chi connectivity index (χ2n) is 7.68. The van der Waals surface area contributed by atoms with E-state index in [0.717, 1.165) is 13.1 Å². The monoisotopic (exact) mass is 398 g/mol. The van der Waals surface area contributed by atoms with Gasteiger partial charge in [-0.1, -0.05) is 12.1 Å². The summed E-state index contributed by atoms with van der Waals surface area (Å²) in [5.74, 6) is 1.07. The third-order valence-corrected chi connectivity index (χ3v) is 5.66. The molecule has 0 radical (unpaired) electrons. The summed E-state index contributed by atoms with van der Waals surface area (Å²) in [6, 6.07) is 14.2. The number of methoxy groups -OCH3 is 2. The molecule has 1 atom stereocenters. The first-order valence-corrected chi connectivity index (χ1v) is 10.2. The smallest absolute Gasteiger partial charge is 0.251 e. The first-order valence-electron chi connectivity index (χ1n) is 10.2. The molecule has 3 rings (SSSR count). The lowest BCUT2D eigenvalue weighted by molar-refractivity contribution is -0.918. The van der Waals surface area contributed by atoms with E-state index in [4.69, 9.17) is 9.47 Å². The predicted octanol–water partition coefficient (Wildman–Crippen LogP) is 1.92. The highest BCUT2D eigenvalue weighted by molar-refractivity contribution is 5.94. The Labute approximate surface area is 173 Å². The molecule has 6 nitrogen and oxygen atoms in total. The zero-order chi connectivity index (χ0) is 20.8. The number of carbonyl (C=O) groups is 1. The first kappa shape index (κ1) is 21.0. The summed E-state index contributed by atoms with van der Waals surface area (Å²) >= 11 is 0. The minimum Gasteiger partial charge on any atom is -0.493 e. The number of anilines is 1. The van der Waals surface area contributed by atoms with Gasteiger partial charge in [-0.3, -0.25) is 4.79 Å². The normalized spacial score (nSPS) is 15.0. The van der Waals surface area contributed by atoms with Gasteiger partial charge < -0.3 is 24.6 Å². The van der Waals surface area contributed by atoms with Crippen molar-refractivity contribution in [2.45, 2.75) is 18.9 Å². The highest BCUT2D eigenvalue weighted by Crippen LogP contribution is 2.27. The Balaban J connectivity index is 1.73. The number of nitrogens with one attached hydrogen (secondary N) is 2. The standard InChI is InChI=1S/C23H31N3O3/c1-25(2)19-10-7-17(8-11-19)20(26-13-5-6-14-26)16-24-23(27)18-9-12-21(28-3)22(15-18)29-4/h7-12,15,20H,5-6,13-14,16H2,1-4H3,(H,24,27)/p+1/t20-/m0/s1. The molecule has 1 saturated heterocycles. The topological polar surface area (TPSA) is 55.2 Å². The van der Waals surface area contributed by atoms with Gasteiger partial charge in [-0.25, -0.2) is 0 Å². The number of amides is 1. The minimum absolute atomic E-state index is 0.0977. The number of benzene rings is 2. The molecular formula is C23H32N3O3+. The minimum atomic E-state index is -0.0977. The van der Waals surface area contributed by atoms with Crippen molar-refractivity contribution in [3.05, 3.63) is 53.6 Å². The lowest BCUT2D eigenvalue weighted by atomic mass is 10.0. The number of nitrogens with zero attached hydrogens (tertiary/aromatic N) is 1. The molecular weight excluding hydrogens is 366 g/mol. The molecule has 6 heteroatoms. The third kappa shape index (κ3) is 5.01. The number of likely N-dealkylation sites (tertiary alicyclic amines) is 1. The molecule has 0 unspecified atom stereocenters. The molecule has 2 N–H and O–H groups in total. The summed E-state index contributed by atoms with van der Waals surface area (Å²) in [7, 11) is 7.25. The molecule has 0 spiro atoms. The maximum absolute atomic E-state index is 12.8. The van der Waals surface area contributed by atoms with Gasteiger partial charge in [0.15, 0.2) is 11.5 Å². The van der Waals surface area contributed by atoms with E-state index in [9.17, 15) is 4.79 Å². The number of hydrogen-bond donors (Lipinski definition) is 2. The van der Waals surface area contributed by atoms with Crippen LogP contribution < -0.4 is 24.6 Å². The van der Waals surface area contributed by atoms with Crippen molar-refractivity contribution in [3.63, 3.8) is 0 Å². The molecule has 0 saturated carbocycles. The van der Waals surface area contributed by atoms with E-state index in [2.05, 4.69) is 34.5 Å². The Morgan fingerprint density at radius 1 is 1.03 bits per heavy atom. The molecule has 1 fully saturated rings. The van der Waals surface area contributed by atoms with E-state index in [1.807, 2.05) is 14.1 Å². The van der Waals surface area contributed by atoms with E-state index in [1.165, 1.54) is 29.0 Å². The van der Waals surface area contributed by atoms with Crippen molar-refractivity contribution in [1.82, 2.24) is 5.32 Å². The van der Waals surface area contributed by atoms with Gasteiger partial charge in [0.25, 0.3) is 5.91 Å². The summed E-state index contributed by atoms with van der Waals surface area (Å²) in [6.45, 7) is 2.89. The average molecular weight is 399 g/mol. The molecule has 0 aromatic heterocycles. The van der Waals surface area contributed by atoms with E-state index in [0.29, 0.717) is 23.6 Å². The predicted molar refractivity (Wildman–Crippen MR) is 115 cm³/mol.